The largest absolute Gasteiger partial charge is 0.298 e. The molecule has 0 heterocycles. The summed E-state index contributed by atoms with van der Waals surface area (Å²) in [5.41, 5.74) is 0.758. The van der Waals surface area contributed by atoms with E-state index in [1.54, 1.807) is 0 Å². The van der Waals surface area contributed by atoms with Gasteiger partial charge in [-0.1, -0.05) is 42.5 Å². The monoisotopic (exact) mass is 228 g/mol. The van der Waals surface area contributed by atoms with E-state index in [0.717, 1.165) is 22.6 Å². The molecule has 2 aromatic carbocycles. The highest BCUT2D eigenvalue weighted by molar-refractivity contribution is 5.97. The van der Waals surface area contributed by atoms with Crippen LogP contribution in [-0.4, -0.2) is 6.29 Å². The van der Waals surface area contributed by atoms with E-state index in [4.69, 9.17) is 0 Å². The molecule has 0 saturated carbocycles. The normalized spacial score (nSPS) is 8.57. The lowest BCUT2D eigenvalue weighted by Gasteiger charge is -1.98. The van der Waals surface area contributed by atoms with Gasteiger partial charge in [0, 0.05) is 5.56 Å². The fraction of sp³-hybridized carbons (Fsp3) is 0. The first kappa shape index (κ1) is 12.9. The molecular weight excluding hydrogens is 219 g/mol. The van der Waals surface area contributed by atoms with Crippen molar-refractivity contribution in [3.05, 3.63) is 48.0 Å². The average molecular weight is 229 g/mol. The maximum Gasteiger partial charge on any atom is 0.150 e. The van der Waals surface area contributed by atoms with E-state index in [9.17, 15) is 4.79 Å². The SMILES string of the molecule is Cl.Cl.O=Cc1cccc2ccccc12. The molecule has 14 heavy (non-hydrogen) atoms. The van der Waals surface area contributed by atoms with Crippen LogP contribution in [-0.2, 0) is 0 Å². The van der Waals surface area contributed by atoms with Gasteiger partial charge in [0.15, 0.2) is 6.29 Å². The Morgan fingerprint density at radius 2 is 1.50 bits per heavy atom. The van der Waals surface area contributed by atoms with Crippen LogP contribution in [0.15, 0.2) is 42.5 Å². The summed E-state index contributed by atoms with van der Waals surface area (Å²) in [6.45, 7) is 0. The van der Waals surface area contributed by atoms with Gasteiger partial charge in [-0.25, -0.2) is 0 Å². The van der Waals surface area contributed by atoms with Crippen molar-refractivity contribution >= 4 is 41.9 Å². The highest BCUT2D eigenvalue weighted by Gasteiger charge is 1.96. The Labute approximate surface area is 94.9 Å². The molecule has 0 fully saturated rings. The van der Waals surface area contributed by atoms with E-state index in [1.165, 1.54) is 0 Å². The zero-order valence-electron chi connectivity index (χ0n) is 7.34. The van der Waals surface area contributed by atoms with Crippen LogP contribution in [0.5, 0.6) is 0 Å². The number of carbonyl (C=O) groups is 1. The fourth-order valence-electron chi connectivity index (χ4n) is 1.35. The second-order valence-corrected chi connectivity index (χ2v) is 2.69. The highest BCUT2D eigenvalue weighted by Crippen LogP contribution is 2.16. The molecule has 0 N–H and O–H groups in total. The third kappa shape index (κ3) is 2.25. The van der Waals surface area contributed by atoms with Crippen LogP contribution in [0, 0.1) is 0 Å². The molecule has 0 aromatic heterocycles. The Hall–Kier alpha value is -1.05. The van der Waals surface area contributed by atoms with Crippen LogP contribution >= 0.6 is 24.8 Å². The van der Waals surface area contributed by atoms with Crippen molar-refractivity contribution < 1.29 is 4.79 Å². The molecule has 1 nitrogen and oxygen atoms in total. The van der Waals surface area contributed by atoms with Crippen LogP contribution < -0.4 is 0 Å². The molecule has 0 spiro atoms. The minimum absolute atomic E-state index is 0. The molecule has 2 aromatic rings. The molecule has 2 rings (SSSR count). The Morgan fingerprint density at radius 1 is 0.857 bits per heavy atom. The van der Waals surface area contributed by atoms with E-state index >= 15 is 0 Å². The average Bonchev–Trinajstić information content (AvgIpc) is 2.17. The Morgan fingerprint density at radius 3 is 2.21 bits per heavy atom. The highest BCUT2D eigenvalue weighted by atomic mass is 35.5. The predicted molar refractivity (Wildman–Crippen MR) is 63.8 cm³/mol. The van der Waals surface area contributed by atoms with E-state index in [-0.39, 0.29) is 24.8 Å². The standard InChI is InChI=1S/C11H8O.2ClH/c12-8-10-6-3-5-9-4-1-2-7-11(9)10;;/h1-8H;2*1H. The second-order valence-electron chi connectivity index (χ2n) is 2.69. The van der Waals surface area contributed by atoms with Gasteiger partial charge in [-0.2, -0.15) is 0 Å². The molecule has 3 heteroatoms. The minimum Gasteiger partial charge on any atom is -0.298 e. The quantitative estimate of drug-likeness (QED) is 0.684. The number of benzene rings is 2. The maximum atomic E-state index is 10.6. The third-order valence-electron chi connectivity index (χ3n) is 1.95. The van der Waals surface area contributed by atoms with Crippen LogP contribution in [0.25, 0.3) is 10.8 Å². The number of fused-ring (bicyclic) bond motifs is 1. The van der Waals surface area contributed by atoms with Crippen molar-refractivity contribution in [2.45, 2.75) is 0 Å². The first-order valence-corrected chi connectivity index (χ1v) is 3.85. The van der Waals surface area contributed by atoms with Gasteiger partial charge in [-0.15, -0.1) is 24.8 Å². The van der Waals surface area contributed by atoms with Crippen molar-refractivity contribution in [3.63, 3.8) is 0 Å². The fourth-order valence-corrected chi connectivity index (χ4v) is 1.35. The topological polar surface area (TPSA) is 17.1 Å². The summed E-state index contributed by atoms with van der Waals surface area (Å²) in [7, 11) is 0. The lowest BCUT2D eigenvalue weighted by Crippen LogP contribution is -1.81. The number of halogens is 2. The first-order chi connectivity index (χ1) is 5.92. The van der Waals surface area contributed by atoms with E-state index in [2.05, 4.69) is 0 Å². The van der Waals surface area contributed by atoms with Gasteiger partial charge in [0.1, 0.15) is 0 Å². The summed E-state index contributed by atoms with van der Waals surface area (Å²) in [4.78, 5) is 10.6. The molecule has 0 bridgehead atoms. The summed E-state index contributed by atoms with van der Waals surface area (Å²) in [6, 6.07) is 13.6. The Balaban J connectivity index is 0.000000845. The van der Waals surface area contributed by atoms with Crippen molar-refractivity contribution in [1.82, 2.24) is 0 Å². The molecule has 0 atom stereocenters. The van der Waals surface area contributed by atoms with Crippen LogP contribution in [0.4, 0.5) is 0 Å². The van der Waals surface area contributed by atoms with Crippen molar-refractivity contribution in [1.29, 1.82) is 0 Å². The summed E-state index contributed by atoms with van der Waals surface area (Å²) in [6.07, 6.45) is 0.891. The number of rotatable bonds is 1. The molecular formula is C11H10Cl2O. The lowest BCUT2D eigenvalue weighted by molar-refractivity contribution is 0.112. The first-order valence-electron chi connectivity index (χ1n) is 3.85. The van der Waals surface area contributed by atoms with Gasteiger partial charge in [-0.3, -0.25) is 4.79 Å². The van der Waals surface area contributed by atoms with Gasteiger partial charge in [0.2, 0.25) is 0 Å². The second kappa shape index (κ2) is 5.63. The molecule has 0 aliphatic rings. The molecule has 0 amide bonds. The molecule has 74 valence electrons. The predicted octanol–water partition coefficient (Wildman–Crippen LogP) is 3.50. The Kier molecular flexibility index (Phi) is 5.21. The van der Waals surface area contributed by atoms with Gasteiger partial charge in [0.25, 0.3) is 0 Å². The zero-order chi connectivity index (χ0) is 8.39. The lowest BCUT2D eigenvalue weighted by atomic mass is 10.1. The number of hydrogen-bond acceptors (Lipinski definition) is 1. The maximum absolute atomic E-state index is 10.6. The molecule has 0 radical (unpaired) electrons. The van der Waals surface area contributed by atoms with E-state index < -0.39 is 0 Å². The van der Waals surface area contributed by atoms with Gasteiger partial charge >= 0.3 is 0 Å². The molecule has 0 saturated heterocycles. The van der Waals surface area contributed by atoms with E-state index in [0.29, 0.717) is 0 Å². The van der Waals surface area contributed by atoms with Crippen LogP contribution in [0.1, 0.15) is 10.4 Å². The van der Waals surface area contributed by atoms with Gasteiger partial charge in [-0.05, 0) is 10.8 Å². The van der Waals surface area contributed by atoms with Gasteiger partial charge in [0.05, 0.1) is 0 Å². The Bertz CT molecular complexity index is 421. The third-order valence-corrected chi connectivity index (χ3v) is 1.95. The van der Waals surface area contributed by atoms with Crippen molar-refractivity contribution in [2.75, 3.05) is 0 Å². The summed E-state index contributed by atoms with van der Waals surface area (Å²) in [5, 5.41) is 2.14. The number of hydrogen-bond donors (Lipinski definition) is 0. The summed E-state index contributed by atoms with van der Waals surface area (Å²) in [5.74, 6) is 0. The zero-order valence-corrected chi connectivity index (χ0v) is 8.98. The number of aldehydes is 1. The van der Waals surface area contributed by atoms with Gasteiger partial charge < -0.3 is 0 Å². The number of carbonyl (C=O) groups excluding carboxylic acids is 1. The molecule has 0 aliphatic heterocycles. The molecule has 0 aliphatic carbocycles. The van der Waals surface area contributed by atoms with Crippen LogP contribution in [0.2, 0.25) is 0 Å². The van der Waals surface area contributed by atoms with Crippen molar-refractivity contribution in [3.8, 4) is 0 Å². The van der Waals surface area contributed by atoms with E-state index in [1.807, 2.05) is 42.5 Å². The summed E-state index contributed by atoms with van der Waals surface area (Å²) < 4.78 is 0. The minimum atomic E-state index is 0. The smallest absolute Gasteiger partial charge is 0.150 e. The molecule has 0 unspecified atom stereocenters. The van der Waals surface area contributed by atoms with Crippen molar-refractivity contribution in [2.24, 2.45) is 0 Å². The summed E-state index contributed by atoms with van der Waals surface area (Å²) >= 11 is 0. The van der Waals surface area contributed by atoms with Crippen LogP contribution in [0.3, 0.4) is 0 Å².